The highest BCUT2D eigenvalue weighted by molar-refractivity contribution is 5.72. The van der Waals surface area contributed by atoms with E-state index >= 15 is 0 Å². The van der Waals surface area contributed by atoms with Crippen LogP contribution >= 0.6 is 0 Å². The minimum atomic E-state index is -4.47. The summed E-state index contributed by atoms with van der Waals surface area (Å²) in [6.07, 6.45) is -0.644. The fourth-order valence-electron chi connectivity index (χ4n) is 2.77. The molecule has 3 rings (SSSR count). The topological polar surface area (TPSA) is 38.2 Å². The number of ether oxygens (including phenoxy) is 1. The van der Waals surface area contributed by atoms with E-state index in [9.17, 15) is 13.2 Å². The number of alkyl halides is 3. The number of rotatable bonds is 4. The van der Waals surface area contributed by atoms with E-state index in [0.717, 1.165) is 29.1 Å². The zero-order valence-electron chi connectivity index (χ0n) is 13.8. The number of hydrogen-bond donors (Lipinski definition) is 0. The molecule has 0 saturated carbocycles. The third-order valence-corrected chi connectivity index (χ3v) is 3.96. The summed E-state index contributed by atoms with van der Waals surface area (Å²) >= 11 is 0. The van der Waals surface area contributed by atoms with Gasteiger partial charge in [0.15, 0.2) is 0 Å². The minimum absolute atomic E-state index is 0.100. The molecule has 0 saturated heterocycles. The summed E-state index contributed by atoms with van der Waals surface area (Å²) in [6, 6.07) is 8.66. The van der Waals surface area contributed by atoms with E-state index in [2.05, 4.69) is 9.97 Å². The Balaban J connectivity index is 1.79. The van der Waals surface area contributed by atoms with E-state index in [1.54, 1.807) is 4.90 Å². The van der Waals surface area contributed by atoms with Crippen LogP contribution in [0.3, 0.4) is 0 Å². The van der Waals surface area contributed by atoms with Gasteiger partial charge in [0, 0.05) is 24.8 Å². The van der Waals surface area contributed by atoms with Gasteiger partial charge in [-0.2, -0.15) is 13.2 Å². The van der Waals surface area contributed by atoms with E-state index in [4.69, 9.17) is 4.74 Å². The van der Waals surface area contributed by atoms with Gasteiger partial charge < -0.3 is 9.64 Å². The molecule has 1 aromatic heterocycles. The van der Waals surface area contributed by atoms with Gasteiger partial charge in [0.05, 0.1) is 6.61 Å². The number of nitrogens with zero attached hydrogens (tertiary/aromatic N) is 3. The zero-order chi connectivity index (χ0) is 17.9. The van der Waals surface area contributed by atoms with Gasteiger partial charge >= 0.3 is 6.18 Å². The summed E-state index contributed by atoms with van der Waals surface area (Å²) < 4.78 is 44.1. The summed E-state index contributed by atoms with van der Waals surface area (Å²) in [5.41, 5.74) is 1.22. The molecule has 0 unspecified atom stereocenters. The molecule has 7 heteroatoms. The lowest BCUT2D eigenvalue weighted by Gasteiger charge is -2.27. The number of hydrogen-bond acceptors (Lipinski definition) is 4. The van der Waals surface area contributed by atoms with Gasteiger partial charge in [-0.1, -0.05) is 24.3 Å². The molecule has 0 bridgehead atoms. The Hall–Kier alpha value is -2.57. The molecule has 1 aliphatic heterocycles. The highest BCUT2D eigenvalue weighted by atomic mass is 19.4. The van der Waals surface area contributed by atoms with Crippen LogP contribution in [0.4, 0.5) is 19.1 Å². The van der Waals surface area contributed by atoms with Crippen LogP contribution in [-0.2, 0) is 6.18 Å². The van der Waals surface area contributed by atoms with Crippen molar-refractivity contribution in [3.8, 4) is 5.75 Å². The van der Waals surface area contributed by atoms with Gasteiger partial charge in [0.25, 0.3) is 0 Å². The van der Waals surface area contributed by atoms with Crippen LogP contribution in [0.15, 0.2) is 42.6 Å². The molecule has 132 valence electrons. The van der Waals surface area contributed by atoms with E-state index in [-0.39, 0.29) is 5.95 Å². The van der Waals surface area contributed by atoms with E-state index < -0.39 is 11.9 Å². The molecule has 2 aromatic rings. The molecule has 0 N–H and O–H groups in total. The number of benzene rings is 1. The average Bonchev–Trinajstić information content (AvgIpc) is 2.62. The number of aromatic nitrogens is 2. The van der Waals surface area contributed by atoms with E-state index in [1.807, 2.05) is 37.3 Å². The lowest BCUT2D eigenvalue weighted by Crippen LogP contribution is -2.30. The molecule has 1 aliphatic rings. The molecular weight excluding hydrogens is 331 g/mol. The minimum Gasteiger partial charge on any atom is -0.493 e. The van der Waals surface area contributed by atoms with Crippen molar-refractivity contribution in [1.82, 2.24) is 9.97 Å². The lowest BCUT2D eigenvalue weighted by molar-refractivity contribution is -0.141. The number of para-hydroxylation sites is 1. The highest BCUT2D eigenvalue weighted by Crippen LogP contribution is 2.32. The summed E-state index contributed by atoms with van der Waals surface area (Å²) in [5, 5.41) is 0. The van der Waals surface area contributed by atoms with Crippen LogP contribution < -0.4 is 9.64 Å². The normalized spacial score (nSPS) is 15.0. The van der Waals surface area contributed by atoms with Crippen LogP contribution in [0.1, 0.15) is 24.6 Å². The summed E-state index contributed by atoms with van der Waals surface area (Å²) in [4.78, 5) is 9.37. The van der Waals surface area contributed by atoms with Crippen LogP contribution in [-0.4, -0.2) is 29.7 Å². The molecule has 0 radical (unpaired) electrons. The second-order valence-electron chi connectivity index (χ2n) is 5.59. The van der Waals surface area contributed by atoms with Crippen LogP contribution in [0.2, 0.25) is 0 Å². The molecule has 2 heterocycles. The first-order chi connectivity index (χ1) is 12.0. The van der Waals surface area contributed by atoms with Gasteiger partial charge in [-0.3, -0.25) is 0 Å². The van der Waals surface area contributed by atoms with Crippen LogP contribution in [0.25, 0.3) is 5.57 Å². The standard InChI is InChI=1S/C18H18F3N3O/c1-2-25-15-6-4-3-5-14(15)13-8-11-24(12-9-13)17-22-10-7-16(23-17)18(19,20)21/h3-8,10H,2,9,11-12H2,1H3. The predicted molar refractivity (Wildman–Crippen MR) is 89.5 cm³/mol. The van der Waals surface area contributed by atoms with Crippen LogP contribution in [0, 0.1) is 0 Å². The van der Waals surface area contributed by atoms with Gasteiger partial charge in [-0.05, 0) is 31.1 Å². The van der Waals surface area contributed by atoms with Crippen molar-refractivity contribution in [1.29, 1.82) is 0 Å². The van der Waals surface area contributed by atoms with E-state index in [1.165, 1.54) is 0 Å². The molecular formula is C18H18F3N3O. The Bertz CT molecular complexity index is 774. The molecule has 25 heavy (non-hydrogen) atoms. The third kappa shape index (κ3) is 3.92. The second-order valence-corrected chi connectivity index (χ2v) is 5.59. The fourth-order valence-corrected chi connectivity index (χ4v) is 2.77. The molecule has 0 aliphatic carbocycles. The first kappa shape index (κ1) is 17.3. The van der Waals surface area contributed by atoms with Gasteiger partial charge in [-0.15, -0.1) is 0 Å². The van der Waals surface area contributed by atoms with Crippen molar-refractivity contribution in [3.05, 3.63) is 53.9 Å². The Morgan fingerprint density at radius 3 is 2.68 bits per heavy atom. The monoisotopic (exact) mass is 349 g/mol. The Morgan fingerprint density at radius 2 is 2.00 bits per heavy atom. The summed E-state index contributed by atoms with van der Waals surface area (Å²) in [6.45, 7) is 3.51. The maximum Gasteiger partial charge on any atom is 0.433 e. The van der Waals surface area contributed by atoms with Crippen molar-refractivity contribution >= 4 is 11.5 Å². The first-order valence-electron chi connectivity index (χ1n) is 8.05. The maximum absolute atomic E-state index is 12.8. The molecule has 0 atom stereocenters. The molecule has 0 spiro atoms. The quantitative estimate of drug-likeness (QED) is 0.830. The zero-order valence-corrected chi connectivity index (χ0v) is 13.8. The van der Waals surface area contributed by atoms with Crippen molar-refractivity contribution < 1.29 is 17.9 Å². The summed E-state index contributed by atoms with van der Waals surface area (Å²) in [5.74, 6) is 0.920. The predicted octanol–water partition coefficient (Wildman–Crippen LogP) is 4.19. The van der Waals surface area contributed by atoms with E-state index in [0.29, 0.717) is 26.1 Å². The number of halogens is 3. The third-order valence-electron chi connectivity index (χ3n) is 3.96. The maximum atomic E-state index is 12.8. The Kier molecular flexibility index (Phi) is 4.92. The van der Waals surface area contributed by atoms with Crippen molar-refractivity contribution in [2.24, 2.45) is 0 Å². The first-order valence-corrected chi connectivity index (χ1v) is 8.05. The van der Waals surface area contributed by atoms with Crippen molar-refractivity contribution in [2.45, 2.75) is 19.5 Å². The molecule has 4 nitrogen and oxygen atoms in total. The van der Waals surface area contributed by atoms with Crippen molar-refractivity contribution in [2.75, 3.05) is 24.6 Å². The molecule has 1 aromatic carbocycles. The molecule has 0 fully saturated rings. The lowest BCUT2D eigenvalue weighted by atomic mass is 9.98. The second kappa shape index (κ2) is 7.13. The van der Waals surface area contributed by atoms with Gasteiger partial charge in [-0.25, -0.2) is 9.97 Å². The Labute approximate surface area is 144 Å². The average molecular weight is 349 g/mol. The summed E-state index contributed by atoms with van der Waals surface area (Å²) in [7, 11) is 0. The SMILES string of the molecule is CCOc1ccccc1C1=CCN(c2nccc(C(F)(F)F)n2)CC1. The van der Waals surface area contributed by atoms with Crippen molar-refractivity contribution in [3.63, 3.8) is 0 Å². The number of anilines is 1. The largest absolute Gasteiger partial charge is 0.493 e. The van der Waals surface area contributed by atoms with Gasteiger partial charge in [0.2, 0.25) is 5.95 Å². The smallest absolute Gasteiger partial charge is 0.433 e. The Morgan fingerprint density at radius 1 is 1.20 bits per heavy atom. The fraction of sp³-hybridized carbons (Fsp3) is 0.333. The molecule has 0 amide bonds. The van der Waals surface area contributed by atoms with Gasteiger partial charge in [0.1, 0.15) is 11.4 Å². The van der Waals surface area contributed by atoms with Crippen LogP contribution in [0.5, 0.6) is 5.75 Å². The highest BCUT2D eigenvalue weighted by Gasteiger charge is 2.33.